The van der Waals surface area contributed by atoms with E-state index in [-0.39, 0.29) is 35.5 Å². The van der Waals surface area contributed by atoms with E-state index in [1.807, 2.05) is 17.9 Å². The van der Waals surface area contributed by atoms with Crippen LogP contribution in [-0.2, 0) is 27.3 Å². The summed E-state index contributed by atoms with van der Waals surface area (Å²) in [4.78, 5) is 64.5. The maximum Gasteiger partial charge on any atom is 0.245 e. The van der Waals surface area contributed by atoms with Crippen molar-refractivity contribution in [2.75, 3.05) is 0 Å². The SMILES string of the molecule is CC(=O)c1nn2c3c(cc(-c4cnc(C)nc4)cc13)CCCCCCC(=O)CC[C@@]13C[C@@H](C(=O)CC[Si](C)(C)C)N(C(=O)C2)[C@@H]1C3. The Morgan fingerprint density at radius 1 is 0.957 bits per heavy atom. The van der Waals surface area contributed by atoms with Crippen LogP contribution in [0, 0.1) is 12.3 Å². The van der Waals surface area contributed by atoms with Gasteiger partial charge in [-0.3, -0.25) is 23.9 Å². The molecular formula is C36H47N5O4Si. The van der Waals surface area contributed by atoms with Crippen LogP contribution < -0.4 is 0 Å². The first kappa shape index (κ1) is 32.4. The molecule has 0 N–H and O–H groups in total. The molecule has 10 heteroatoms. The van der Waals surface area contributed by atoms with E-state index < -0.39 is 14.1 Å². The Kier molecular flexibility index (Phi) is 8.86. The number of Topliss-reactive ketones (excluding diaryl/α,β-unsaturated/α-hetero) is 3. The number of amides is 1. The molecule has 244 valence electrons. The van der Waals surface area contributed by atoms with Gasteiger partial charge in [-0.05, 0) is 74.1 Å². The molecule has 0 unspecified atom stereocenters. The van der Waals surface area contributed by atoms with Crippen molar-refractivity contribution in [3.05, 3.63) is 41.6 Å². The second-order valence-electron chi connectivity index (χ2n) is 15.2. The summed E-state index contributed by atoms with van der Waals surface area (Å²) in [6.45, 7) is 10.1. The van der Waals surface area contributed by atoms with E-state index >= 15 is 0 Å². The van der Waals surface area contributed by atoms with Crippen molar-refractivity contribution in [1.29, 1.82) is 0 Å². The molecule has 6 rings (SSSR count). The van der Waals surface area contributed by atoms with Gasteiger partial charge < -0.3 is 4.90 Å². The van der Waals surface area contributed by atoms with Gasteiger partial charge in [0, 0.05) is 63.6 Å². The second kappa shape index (κ2) is 12.6. The van der Waals surface area contributed by atoms with Crippen molar-refractivity contribution >= 4 is 42.2 Å². The molecule has 1 saturated carbocycles. The van der Waals surface area contributed by atoms with Crippen LogP contribution in [0.1, 0.15) is 93.0 Å². The van der Waals surface area contributed by atoms with Gasteiger partial charge in [-0.1, -0.05) is 38.5 Å². The van der Waals surface area contributed by atoms with Crippen molar-refractivity contribution in [1.82, 2.24) is 24.6 Å². The normalized spacial score (nSPS) is 24.2. The molecule has 1 aromatic carbocycles. The summed E-state index contributed by atoms with van der Waals surface area (Å²) in [5, 5.41) is 5.49. The van der Waals surface area contributed by atoms with E-state index in [9.17, 15) is 19.2 Å². The average molecular weight is 642 g/mol. The van der Waals surface area contributed by atoms with Gasteiger partial charge in [0.15, 0.2) is 11.6 Å². The molecule has 2 aromatic heterocycles. The summed E-state index contributed by atoms with van der Waals surface area (Å²) in [6, 6.07) is 4.50. The predicted molar refractivity (Wildman–Crippen MR) is 180 cm³/mol. The number of benzene rings is 1. The Morgan fingerprint density at radius 3 is 2.37 bits per heavy atom. The summed E-state index contributed by atoms with van der Waals surface area (Å²) in [5.74, 6) is 0.828. The highest BCUT2D eigenvalue weighted by Crippen LogP contribution is 2.62. The van der Waals surface area contributed by atoms with Gasteiger partial charge in [-0.2, -0.15) is 5.10 Å². The highest BCUT2D eigenvalue weighted by Gasteiger charge is 2.66. The Balaban J connectivity index is 1.41. The van der Waals surface area contributed by atoms with Crippen molar-refractivity contribution in [3.8, 4) is 11.1 Å². The van der Waals surface area contributed by atoms with Gasteiger partial charge >= 0.3 is 0 Å². The van der Waals surface area contributed by atoms with Crippen LogP contribution in [0.2, 0.25) is 25.7 Å². The molecule has 3 aliphatic rings. The van der Waals surface area contributed by atoms with Gasteiger partial charge in [-0.15, -0.1) is 0 Å². The zero-order chi connectivity index (χ0) is 32.8. The number of rotatable bonds is 6. The molecule has 1 amide bonds. The number of hydrogen-bond donors (Lipinski definition) is 0. The second-order valence-corrected chi connectivity index (χ2v) is 20.8. The molecule has 9 nitrogen and oxygen atoms in total. The van der Waals surface area contributed by atoms with E-state index in [1.54, 1.807) is 17.1 Å². The zero-order valence-corrected chi connectivity index (χ0v) is 29.0. The van der Waals surface area contributed by atoms with E-state index in [0.717, 1.165) is 78.6 Å². The quantitative estimate of drug-likeness (QED) is 0.222. The minimum absolute atomic E-state index is 0.0222. The Hall–Kier alpha value is -3.53. The van der Waals surface area contributed by atoms with Crippen LogP contribution in [0.3, 0.4) is 0 Å². The van der Waals surface area contributed by atoms with Crippen LogP contribution in [0.4, 0.5) is 0 Å². The van der Waals surface area contributed by atoms with Crippen LogP contribution in [0.25, 0.3) is 22.0 Å². The van der Waals surface area contributed by atoms with E-state index in [1.165, 1.54) is 6.92 Å². The Bertz CT molecular complexity index is 1690. The van der Waals surface area contributed by atoms with Crippen molar-refractivity contribution in [2.45, 2.75) is 129 Å². The molecule has 3 aromatic rings. The molecule has 2 aliphatic heterocycles. The Morgan fingerprint density at radius 2 is 1.67 bits per heavy atom. The first-order valence-corrected chi connectivity index (χ1v) is 20.7. The third-order valence-electron chi connectivity index (χ3n) is 10.4. The number of aryl methyl sites for hydroxylation is 2. The zero-order valence-electron chi connectivity index (χ0n) is 28.0. The summed E-state index contributed by atoms with van der Waals surface area (Å²) < 4.78 is 1.72. The van der Waals surface area contributed by atoms with Gasteiger partial charge in [0.2, 0.25) is 5.91 Å². The summed E-state index contributed by atoms with van der Waals surface area (Å²) in [5.41, 5.74) is 3.78. The fraction of sp³-hybridized carbons (Fsp3) is 0.583. The minimum Gasteiger partial charge on any atom is -0.327 e. The highest BCUT2D eigenvalue weighted by molar-refractivity contribution is 6.76. The van der Waals surface area contributed by atoms with Crippen LogP contribution >= 0.6 is 0 Å². The summed E-state index contributed by atoms with van der Waals surface area (Å²) >= 11 is 0. The number of nitrogens with zero attached hydrogens (tertiary/aromatic N) is 5. The van der Waals surface area contributed by atoms with Crippen LogP contribution in [-0.4, -0.2) is 68.1 Å². The molecular weight excluding hydrogens is 595 g/mol. The lowest BCUT2D eigenvalue weighted by atomic mass is 9.90. The lowest BCUT2D eigenvalue weighted by Crippen LogP contribution is -2.45. The number of carbonyl (C=O) groups excluding carboxylic acids is 4. The van der Waals surface area contributed by atoms with E-state index in [4.69, 9.17) is 5.10 Å². The molecule has 2 fully saturated rings. The molecule has 1 aliphatic carbocycles. The largest absolute Gasteiger partial charge is 0.327 e. The molecule has 3 atom stereocenters. The van der Waals surface area contributed by atoms with Gasteiger partial charge in [0.1, 0.15) is 23.8 Å². The van der Waals surface area contributed by atoms with E-state index in [0.29, 0.717) is 43.0 Å². The maximum atomic E-state index is 14.3. The molecule has 46 heavy (non-hydrogen) atoms. The number of ketones is 3. The topological polar surface area (TPSA) is 115 Å². The van der Waals surface area contributed by atoms with Gasteiger partial charge in [0.05, 0.1) is 11.6 Å². The van der Waals surface area contributed by atoms with Gasteiger partial charge in [-0.25, -0.2) is 9.97 Å². The number of hydrogen-bond acceptors (Lipinski definition) is 7. The maximum absolute atomic E-state index is 14.3. The van der Waals surface area contributed by atoms with Crippen molar-refractivity contribution in [3.63, 3.8) is 0 Å². The predicted octanol–water partition coefficient (Wildman–Crippen LogP) is 6.52. The fourth-order valence-electron chi connectivity index (χ4n) is 7.68. The molecule has 0 spiro atoms. The number of piperidine rings is 1. The lowest BCUT2D eigenvalue weighted by molar-refractivity contribution is -0.139. The third-order valence-corrected chi connectivity index (χ3v) is 12.2. The van der Waals surface area contributed by atoms with Crippen LogP contribution in [0.15, 0.2) is 24.5 Å². The van der Waals surface area contributed by atoms with Crippen molar-refractivity contribution in [2.24, 2.45) is 5.41 Å². The smallest absolute Gasteiger partial charge is 0.245 e. The summed E-state index contributed by atoms with van der Waals surface area (Å²) in [6.07, 6.45) is 11.9. The van der Waals surface area contributed by atoms with Gasteiger partial charge in [0.25, 0.3) is 0 Å². The monoisotopic (exact) mass is 641 g/mol. The first-order valence-electron chi connectivity index (χ1n) is 17.0. The molecule has 2 bridgehead atoms. The Labute approximate surface area is 272 Å². The molecule has 4 heterocycles. The number of aromatic nitrogens is 4. The fourth-order valence-corrected chi connectivity index (χ4v) is 8.68. The van der Waals surface area contributed by atoms with Crippen LogP contribution in [0.5, 0.6) is 0 Å². The summed E-state index contributed by atoms with van der Waals surface area (Å²) in [7, 11) is -1.45. The standard InChI is InChI=1S/C36H47N5O4Si/c1-23(42)34-29-17-26(27-20-37-24(2)38-21-27)16-25-10-8-6-7-9-11-28(43)12-14-36-18-30(31(44)13-15-46(3,4)5)41(32(36)19-36)33(45)22-40(39-34)35(25)29/h16-17,20-21,30,32H,6-15,18-19,22H2,1-5H3/t30-,32+,36-/m0/s1. The van der Waals surface area contributed by atoms with E-state index in [2.05, 4.69) is 35.7 Å². The number of carbonyl (C=O) groups is 4. The molecule has 0 radical (unpaired) electrons. The first-order chi connectivity index (χ1) is 21.8. The van der Waals surface area contributed by atoms with Crippen molar-refractivity contribution < 1.29 is 19.2 Å². The lowest BCUT2D eigenvalue weighted by Gasteiger charge is -2.28. The average Bonchev–Trinajstić information content (AvgIpc) is 3.41. The highest BCUT2D eigenvalue weighted by atomic mass is 28.3. The third kappa shape index (κ3) is 6.64. The minimum atomic E-state index is -1.45. The molecule has 1 saturated heterocycles.